The molecular weight excluding hydrogens is 455 g/mol. The van der Waals surface area contributed by atoms with Gasteiger partial charge in [-0.05, 0) is 66.6 Å². The van der Waals surface area contributed by atoms with E-state index in [0.717, 1.165) is 27.7 Å². The van der Waals surface area contributed by atoms with E-state index in [-0.39, 0.29) is 33.5 Å². The van der Waals surface area contributed by atoms with E-state index in [1.165, 1.54) is 30.3 Å². The van der Waals surface area contributed by atoms with Gasteiger partial charge in [0.1, 0.15) is 0 Å². The van der Waals surface area contributed by atoms with Crippen LogP contribution in [-0.2, 0) is 22.6 Å². The topological polar surface area (TPSA) is 76.4 Å². The maximum atomic E-state index is 13.6. The molecule has 0 unspecified atom stereocenters. The van der Waals surface area contributed by atoms with Crippen LogP contribution in [0.2, 0.25) is 0 Å². The van der Waals surface area contributed by atoms with Crippen LogP contribution in [0.25, 0.3) is 10.9 Å². The average molecular weight is 473 g/mol. The van der Waals surface area contributed by atoms with E-state index < -0.39 is 27.7 Å². The Bertz CT molecular complexity index is 1470. The minimum atomic E-state index is -4.57. The minimum Gasteiger partial charge on any atom is -0.478 e. The van der Waals surface area contributed by atoms with Crippen LogP contribution in [0.15, 0.2) is 77.7 Å². The lowest BCUT2D eigenvalue weighted by Gasteiger charge is -2.13. The van der Waals surface area contributed by atoms with Crippen molar-refractivity contribution in [2.75, 3.05) is 0 Å². The number of benzene rings is 3. The SMILES string of the molecule is Cc1cccc(S(=O)(=O)n2c(Cc3ccc(C(=O)O)cc3)cc3cc(C(F)(F)F)ccc32)c1. The molecule has 4 aromatic rings. The molecule has 0 aliphatic rings. The van der Waals surface area contributed by atoms with Gasteiger partial charge in [0.2, 0.25) is 0 Å². The van der Waals surface area contributed by atoms with E-state index in [1.54, 1.807) is 31.2 Å². The van der Waals surface area contributed by atoms with Gasteiger partial charge in [0, 0.05) is 17.5 Å². The number of hydrogen-bond acceptors (Lipinski definition) is 3. The van der Waals surface area contributed by atoms with Crippen molar-refractivity contribution in [2.24, 2.45) is 0 Å². The van der Waals surface area contributed by atoms with Crippen molar-refractivity contribution in [2.45, 2.75) is 24.4 Å². The minimum absolute atomic E-state index is 0.0161. The largest absolute Gasteiger partial charge is 0.478 e. The number of hydrogen-bond donors (Lipinski definition) is 1. The van der Waals surface area contributed by atoms with Crippen molar-refractivity contribution in [1.82, 2.24) is 3.97 Å². The molecule has 1 N–H and O–H groups in total. The summed E-state index contributed by atoms with van der Waals surface area (Å²) in [4.78, 5) is 11.1. The molecule has 3 aromatic carbocycles. The number of alkyl halides is 3. The molecule has 0 saturated carbocycles. The molecule has 0 spiro atoms. The summed E-state index contributed by atoms with van der Waals surface area (Å²) in [5.41, 5.74) is 0.909. The van der Waals surface area contributed by atoms with Crippen molar-refractivity contribution >= 4 is 26.9 Å². The first-order valence-electron chi connectivity index (χ1n) is 9.83. The molecule has 1 aromatic heterocycles. The molecule has 4 rings (SSSR count). The van der Waals surface area contributed by atoms with Crippen LogP contribution in [0, 0.1) is 6.92 Å². The second kappa shape index (κ2) is 8.08. The number of fused-ring (bicyclic) bond motifs is 1. The molecule has 0 amide bonds. The van der Waals surface area contributed by atoms with Crippen LogP contribution in [0.5, 0.6) is 0 Å². The van der Waals surface area contributed by atoms with Gasteiger partial charge in [-0.3, -0.25) is 0 Å². The van der Waals surface area contributed by atoms with E-state index in [0.29, 0.717) is 5.56 Å². The average Bonchev–Trinajstić information content (AvgIpc) is 3.11. The third-order valence-corrected chi connectivity index (χ3v) is 7.03. The number of rotatable bonds is 5. The van der Waals surface area contributed by atoms with E-state index in [4.69, 9.17) is 5.11 Å². The van der Waals surface area contributed by atoms with Gasteiger partial charge in [-0.15, -0.1) is 0 Å². The fourth-order valence-corrected chi connectivity index (χ4v) is 5.33. The number of carboxylic acids is 1. The van der Waals surface area contributed by atoms with Crippen LogP contribution in [0.1, 0.15) is 32.7 Å². The molecule has 0 bridgehead atoms. The van der Waals surface area contributed by atoms with Crippen molar-refractivity contribution in [3.8, 4) is 0 Å². The zero-order valence-electron chi connectivity index (χ0n) is 17.3. The lowest BCUT2D eigenvalue weighted by molar-refractivity contribution is -0.137. The van der Waals surface area contributed by atoms with Gasteiger partial charge in [0.05, 0.1) is 21.5 Å². The Balaban J connectivity index is 1.91. The highest BCUT2D eigenvalue weighted by molar-refractivity contribution is 7.90. The second-order valence-corrected chi connectivity index (χ2v) is 9.46. The standard InChI is InChI=1S/C24H18F3NO4S/c1-15-3-2-4-21(11-15)33(31,32)28-20(12-16-5-7-17(8-6-16)23(29)30)14-18-13-19(24(25,26)27)9-10-22(18)28/h2-11,13-14H,12H2,1H3,(H,29,30). The van der Waals surface area contributed by atoms with Crippen LogP contribution in [0.3, 0.4) is 0 Å². The van der Waals surface area contributed by atoms with E-state index in [2.05, 4.69) is 0 Å². The van der Waals surface area contributed by atoms with Crippen LogP contribution < -0.4 is 0 Å². The van der Waals surface area contributed by atoms with Gasteiger partial charge >= 0.3 is 12.1 Å². The number of carboxylic acid groups (broad SMARTS) is 1. The van der Waals surface area contributed by atoms with Gasteiger partial charge in [-0.2, -0.15) is 13.2 Å². The smallest absolute Gasteiger partial charge is 0.416 e. The first-order valence-corrected chi connectivity index (χ1v) is 11.3. The Labute approximate surface area is 187 Å². The summed E-state index contributed by atoms with van der Waals surface area (Å²) >= 11 is 0. The monoisotopic (exact) mass is 473 g/mol. The van der Waals surface area contributed by atoms with Gasteiger partial charge in [-0.1, -0.05) is 24.3 Å². The first kappa shape index (κ1) is 22.6. The number of carbonyl (C=O) groups is 1. The van der Waals surface area contributed by atoms with Gasteiger partial charge in [0.25, 0.3) is 10.0 Å². The highest BCUT2D eigenvalue weighted by Crippen LogP contribution is 2.34. The summed E-state index contributed by atoms with van der Waals surface area (Å²) in [5, 5.41) is 9.21. The highest BCUT2D eigenvalue weighted by atomic mass is 32.2. The molecule has 0 saturated heterocycles. The van der Waals surface area contributed by atoms with Crippen LogP contribution in [0.4, 0.5) is 13.2 Å². The van der Waals surface area contributed by atoms with Gasteiger partial charge in [-0.25, -0.2) is 17.2 Å². The lowest BCUT2D eigenvalue weighted by atomic mass is 10.1. The summed E-state index contributed by atoms with van der Waals surface area (Å²) in [7, 11) is -4.12. The van der Waals surface area contributed by atoms with Gasteiger partial charge in [0.15, 0.2) is 0 Å². The third-order valence-electron chi connectivity index (χ3n) is 5.27. The molecule has 9 heteroatoms. The molecule has 0 atom stereocenters. The molecule has 170 valence electrons. The summed E-state index contributed by atoms with van der Waals surface area (Å²) < 4.78 is 67.9. The van der Waals surface area contributed by atoms with Gasteiger partial charge < -0.3 is 5.11 Å². The second-order valence-electron chi connectivity index (χ2n) is 7.67. The molecule has 0 fully saturated rings. The number of aromatic nitrogens is 1. The first-order chi connectivity index (χ1) is 15.5. The van der Waals surface area contributed by atoms with Crippen molar-refractivity contribution < 1.29 is 31.5 Å². The van der Waals surface area contributed by atoms with E-state index >= 15 is 0 Å². The molecule has 0 aliphatic carbocycles. The van der Waals surface area contributed by atoms with Crippen LogP contribution in [-0.4, -0.2) is 23.5 Å². The maximum absolute atomic E-state index is 13.6. The molecule has 5 nitrogen and oxygen atoms in total. The van der Waals surface area contributed by atoms with E-state index in [9.17, 15) is 26.4 Å². The summed E-state index contributed by atoms with van der Waals surface area (Å²) in [6.45, 7) is 1.74. The van der Waals surface area contributed by atoms with Crippen molar-refractivity contribution in [3.63, 3.8) is 0 Å². The number of halogens is 3. The predicted molar refractivity (Wildman–Crippen MR) is 117 cm³/mol. The summed E-state index contributed by atoms with van der Waals surface area (Å²) in [5.74, 6) is -1.10. The summed E-state index contributed by atoms with van der Waals surface area (Å²) in [6.07, 6.45) is -4.50. The molecule has 0 radical (unpaired) electrons. The lowest BCUT2D eigenvalue weighted by Crippen LogP contribution is -2.16. The van der Waals surface area contributed by atoms with Crippen molar-refractivity contribution in [1.29, 1.82) is 0 Å². The van der Waals surface area contributed by atoms with E-state index in [1.807, 2.05) is 0 Å². The Morgan fingerprint density at radius 2 is 1.67 bits per heavy atom. The maximum Gasteiger partial charge on any atom is 0.416 e. The predicted octanol–water partition coefficient (Wildman–Crippen LogP) is 5.49. The normalized spacial score (nSPS) is 12.2. The zero-order chi connectivity index (χ0) is 24.0. The van der Waals surface area contributed by atoms with Crippen molar-refractivity contribution in [3.05, 3.63) is 101 Å². The fraction of sp³-hybridized carbons (Fsp3) is 0.125. The fourth-order valence-electron chi connectivity index (χ4n) is 3.69. The molecule has 1 heterocycles. The number of nitrogens with zero attached hydrogens (tertiary/aromatic N) is 1. The van der Waals surface area contributed by atoms with Crippen LogP contribution >= 0.6 is 0 Å². The molecule has 0 aliphatic heterocycles. The highest BCUT2D eigenvalue weighted by Gasteiger charge is 2.32. The summed E-state index contributed by atoms with van der Waals surface area (Å²) in [6, 6.07) is 16.5. The quantitative estimate of drug-likeness (QED) is 0.416. The number of aromatic carboxylic acids is 1. The molecular formula is C24H18F3NO4S. The Morgan fingerprint density at radius 3 is 2.27 bits per heavy atom. The Kier molecular flexibility index (Phi) is 5.53. The Hall–Kier alpha value is -3.59. The number of aryl methyl sites for hydroxylation is 1. The Morgan fingerprint density at radius 1 is 0.970 bits per heavy atom. The zero-order valence-corrected chi connectivity index (χ0v) is 18.1. The third kappa shape index (κ3) is 4.36. The molecule has 33 heavy (non-hydrogen) atoms.